The normalized spacial score (nSPS) is 15.6. The molecule has 0 spiro atoms. The SMILES string of the molecule is O=C(C(c1ccccc1)n1cccn1)N1CCN(c2nc3cccnc3s2)CC1. The number of hydrogen-bond donors (Lipinski definition) is 0. The van der Waals surface area contributed by atoms with Crippen molar-refractivity contribution < 1.29 is 4.79 Å². The van der Waals surface area contributed by atoms with Gasteiger partial charge in [0.2, 0.25) is 0 Å². The molecule has 1 atom stereocenters. The van der Waals surface area contributed by atoms with E-state index >= 15 is 0 Å². The molecule has 0 aliphatic carbocycles. The predicted molar refractivity (Wildman–Crippen MR) is 113 cm³/mol. The van der Waals surface area contributed by atoms with Crippen LogP contribution in [-0.2, 0) is 4.79 Å². The number of carbonyl (C=O) groups is 1. The molecule has 146 valence electrons. The highest BCUT2D eigenvalue weighted by Gasteiger charge is 2.30. The minimum absolute atomic E-state index is 0.0746. The fourth-order valence-corrected chi connectivity index (χ4v) is 4.62. The van der Waals surface area contributed by atoms with Crippen molar-refractivity contribution in [1.82, 2.24) is 24.6 Å². The molecule has 1 aromatic carbocycles. The number of amides is 1. The molecule has 4 heterocycles. The van der Waals surface area contributed by atoms with Crippen LogP contribution < -0.4 is 4.90 Å². The topological polar surface area (TPSA) is 67.2 Å². The van der Waals surface area contributed by atoms with E-state index in [0.29, 0.717) is 13.1 Å². The number of pyridine rings is 1. The molecule has 0 saturated carbocycles. The van der Waals surface area contributed by atoms with Crippen LogP contribution in [0.5, 0.6) is 0 Å². The Labute approximate surface area is 172 Å². The smallest absolute Gasteiger partial charge is 0.252 e. The predicted octanol–water partition coefficient (Wildman–Crippen LogP) is 2.83. The fourth-order valence-electron chi connectivity index (χ4n) is 3.66. The van der Waals surface area contributed by atoms with E-state index in [1.54, 1.807) is 28.4 Å². The summed E-state index contributed by atoms with van der Waals surface area (Å²) in [4.78, 5) is 27.6. The lowest BCUT2D eigenvalue weighted by Gasteiger charge is -2.36. The zero-order chi connectivity index (χ0) is 19.6. The van der Waals surface area contributed by atoms with Crippen molar-refractivity contribution in [2.24, 2.45) is 0 Å². The molecule has 4 aromatic rings. The molecule has 7 nitrogen and oxygen atoms in total. The Balaban J connectivity index is 1.33. The minimum Gasteiger partial charge on any atom is -0.344 e. The van der Waals surface area contributed by atoms with Crippen LogP contribution >= 0.6 is 11.3 Å². The molecule has 0 bridgehead atoms. The first-order chi connectivity index (χ1) is 14.3. The van der Waals surface area contributed by atoms with Crippen LogP contribution in [0.1, 0.15) is 11.6 Å². The van der Waals surface area contributed by atoms with Gasteiger partial charge in [0.1, 0.15) is 10.3 Å². The first-order valence-electron chi connectivity index (χ1n) is 9.59. The summed E-state index contributed by atoms with van der Waals surface area (Å²) in [5.41, 5.74) is 1.87. The second-order valence-electron chi connectivity index (χ2n) is 6.94. The molecular formula is C21H20N6OS. The van der Waals surface area contributed by atoms with E-state index in [4.69, 9.17) is 4.98 Å². The molecular weight excluding hydrogens is 384 g/mol. The van der Waals surface area contributed by atoms with Gasteiger partial charge in [0.25, 0.3) is 5.91 Å². The summed E-state index contributed by atoms with van der Waals surface area (Å²) in [6.07, 6.45) is 5.35. The highest BCUT2D eigenvalue weighted by Crippen LogP contribution is 2.28. The summed E-state index contributed by atoms with van der Waals surface area (Å²) in [7, 11) is 0. The second kappa shape index (κ2) is 7.63. The van der Waals surface area contributed by atoms with Crippen molar-refractivity contribution in [2.45, 2.75) is 6.04 Å². The molecule has 29 heavy (non-hydrogen) atoms. The third-order valence-electron chi connectivity index (χ3n) is 5.16. The molecule has 1 aliphatic heterocycles. The zero-order valence-corrected chi connectivity index (χ0v) is 16.6. The third kappa shape index (κ3) is 3.47. The molecule has 0 radical (unpaired) electrons. The Kier molecular flexibility index (Phi) is 4.69. The number of aromatic nitrogens is 4. The molecule has 1 amide bonds. The molecule has 8 heteroatoms. The maximum absolute atomic E-state index is 13.4. The Bertz CT molecular complexity index is 1070. The van der Waals surface area contributed by atoms with Gasteiger partial charge in [-0.2, -0.15) is 5.10 Å². The highest BCUT2D eigenvalue weighted by molar-refractivity contribution is 7.21. The van der Waals surface area contributed by atoms with E-state index in [0.717, 1.165) is 34.1 Å². The number of benzene rings is 1. The lowest BCUT2D eigenvalue weighted by molar-refractivity contribution is -0.134. The van der Waals surface area contributed by atoms with Crippen LogP contribution in [0.4, 0.5) is 5.13 Å². The van der Waals surface area contributed by atoms with Gasteiger partial charge < -0.3 is 9.80 Å². The van der Waals surface area contributed by atoms with E-state index in [2.05, 4.69) is 15.0 Å². The molecule has 1 aliphatic rings. The summed E-state index contributed by atoms with van der Waals surface area (Å²) in [5.74, 6) is 0.0746. The van der Waals surface area contributed by atoms with E-state index < -0.39 is 6.04 Å². The molecule has 1 unspecified atom stereocenters. The molecule has 0 N–H and O–H groups in total. The van der Waals surface area contributed by atoms with Gasteiger partial charge in [-0.3, -0.25) is 9.48 Å². The lowest BCUT2D eigenvalue weighted by atomic mass is 10.1. The van der Waals surface area contributed by atoms with E-state index in [1.807, 2.05) is 59.6 Å². The van der Waals surface area contributed by atoms with Crippen molar-refractivity contribution in [3.05, 3.63) is 72.7 Å². The Morgan fingerprint density at radius 3 is 2.52 bits per heavy atom. The van der Waals surface area contributed by atoms with Crippen molar-refractivity contribution in [2.75, 3.05) is 31.1 Å². The number of piperazine rings is 1. The molecule has 1 saturated heterocycles. The summed E-state index contributed by atoms with van der Waals surface area (Å²) >= 11 is 1.60. The Morgan fingerprint density at radius 2 is 1.79 bits per heavy atom. The van der Waals surface area contributed by atoms with Crippen molar-refractivity contribution >= 4 is 32.7 Å². The number of hydrogen-bond acceptors (Lipinski definition) is 6. The largest absolute Gasteiger partial charge is 0.344 e. The van der Waals surface area contributed by atoms with E-state index in [9.17, 15) is 4.79 Å². The van der Waals surface area contributed by atoms with Gasteiger partial charge in [-0.05, 0) is 23.8 Å². The summed E-state index contributed by atoms with van der Waals surface area (Å²) in [5, 5.41) is 5.31. The highest BCUT2D eigenvalue weighted by atomic mass is 32.1. The van der Waals surface area contributed by atoms with Crippen LogP contribution in [0, 0.1) is 0 Å². The number of nitrogens with zero attached hydrogens (tertiary/aromatic N) is 6. The van der Waals surface area contributed by atoms with Crippen LogP contribution in [-0.4, -0.2) is 56.7 Å². The van der Waals surface area contributed by atoms with Gasteiger partial charge >= 0.3 is 0 Å². The van der Waals surface area contributed by atoms with E-state index in [1.165, 1.54) is 0 Å². The monoisotopic (exact) mass is 404 g/mol. The van der Waals surface area contributed by atoms with Crippen molar-refractivity contribution in [3.63, 3.8) is 0 Å². The second-order valence-corrected chi connectivity index (χ2v) is 7.89. The van der Waals surface area contributed by atoms with Gasteiger partial charge in [0.05, 0.1) is 0 Å². The average molecular weight is 404 g/mol. The molecule has 3 aromatic heterocycles. The quantitative estimate of drug-likeness (QED) is 0.523. The summed E-state index contributed by atoms with van der Waals surface area (Å²) < 4.78 is 1.74. The van der Waals surface area contributed by atoms with Gasteiger partial charge in [0.15, 0.2) is 11.2 Å². The number of carbonyl (C=O) groups excluding carboxylic acids is 1. The number of fused-ring (bicyclic) bond motifs is 1. The van der Waals surface area contributed by atoms with Gasteiger partial charge in [-0.15, -0.1) is 0 Å². The van der Waals surface area contributed by atoms with E-state index in [-0.39, 0.29) is 5.91 Å². The Morgan fingerprint density at radius 1 is 0.966 bits per heavy atom. The summed E-state index contributed by atoms with van der Waals surface area (Å²) in [6, 6.07) is 15.1. The number of thiazole rings is 1. The molecule has 5 rings (SSSR count). The third-order valence-corrected chi connectivity index (χ3v) is 6.20. The zero-order valence-electron chi connectivity index (χ0n) is 15.8. The van der Waals surface area contributed by atoms with Crippen LogP contribution in [0.25, 0.3) is 10.3 Å². The first-order valence-corrected chi connectivity index (χ1v) is 10.4. The number of rotatable bonds is 4. The van der Waals surface area contributed by atoms with Crippen LogP contribution in [0.3, 0.4) is 0 Å². The van der Waals surface area contributed by atoms with Gasteiger partial charge in [0, 0.05) is 44.8 Å². The maximum atomic E-state index is 13.4. The minimum atomic E-state index is -0.440. The van der Waals surface area contributed by atoms with Gasteiger partial charge in [-0.25, -0.2) is 9.97 Å². The van der Waals surface area contributed by atoms with Crippen molar-refractivity contribution in [3.8, 4) is 0 Å². The molecule has 1 fully saturated rings. The standard InChI is InChI=1S/C21H20N6OS/c28-20(18(27-11-5-10-23-27)16-6-2-1-3-7-16)25-12-14-26(15-13-25)21-24-17-8-4-9-22-19(17)29-21/h1-11,18H,12-15H2. The van der Waals surface area contributed by atoms with Crippen molar-refractivity contribution in [1.29, 1.82) is 0 Å². The fraction of sp³-hybridized carbons (Fsp3) is 0.238. The van der Waals surface area contributed by atoms with Crippen LogP contribution in [0.15, 0.2) is 67.1 Å². The number of anilines is 1. The summed E-state index contributed by atoms with van der Waals surface area (Å²) in [6.45, 7) is 2.83. The average Bonchev–Trinajstić information content (AvgIpc) is 3.45. The van der Waals surface area contributed by atoms with Crippen LogP contribution in [0.2, 0.25) is 0 Å². The first kappa shape index (κ1) is 17.8. The Hall–Kier alpha value is -3.26. The van der Waals surface area contributed by atoms with Gasteiger partial charge in [-0.1, -0.05) is 41.7 Å². The lowest BCUT2D eigenvalue weighted by Crippen LogP contribution is -2.50. The maximum Gasteiger partial charge on any atom is 0.252 e.